The molecule has 0 saturated heterocycles. The Labute approximate surface area is 139 Å². The van der Waals surface area contributed by atoms with Crippen LogP contribution in [0.1, 0.15) is 31.0 Å². The third-order valence-corrected chi connectivity index (χ3v) is 4.08. The van der Waals surface area contributed by atoms with Gasteiger partial charge < -0.3 is 10.3 Å². The number of carbonyl (C=O) groups is 1. The molecule has 0 atom stereocenters. The Bertz CT molecular complexity index is 821. The van der Waals surface area contributed by atoms with Gasteiger partial charge in [0.1, 0.15) is 6.54 Å². The molecular weight excluding hydrogens is 312 g/mol. The summed E-state index contributed by atoms with van der Waals surface area (Å²) in [7, 11) is 0. The summed E-state index contributed by atoms with van der Waals surface area (Å²) in [6.07, 6.45) is 3.42. The first-order valence-electron chi connectivity index (χ1n) is 7.58. The maximum atomic E-state index is 11.9. The lowest BCUT2D eigenvalue weighted by Gasteiger charge is -2.07. The number of nitrogens with one attached hydrogen (secondary N) is 2. The quantitative estimate of drug-likeness (QED) is 0.752. The molecule has 23 heavy (non-hydrogen) atoms. The third-order valence-electron chi connectivity index (χ3n) is 3.76. The molecule has 0 bridgehead atoms. The number of rotatable bonds is 5. The number of hydrogen-bond acceptors (Lipinski definition) is 2. The van der Waals surface area contributed by atoms with Gasteiger partial charge in [-0.25, -0.2) is 0 Å². The number of halogens is 1. The van der Waals surface area contributed by atoms with Crippen LogP contribution in [0.3, 0.4) is 0 Å². The predicted molar refractivity (Wildman–Crippen MR) is 91.5 cm³/mol. The normalized spacial score (nSPS) is 11.3. The number of fused-ring (bicyclic) bond motifs is 1. The lowest BCUT2D eigenvalue weighted by Crippen LogP contribution is -2.27. The van der Waals surface area contributed by atoms with Gasteiger partial charge in [-0.2, -0.15) is 5.10 Å². The molecule has 0 aliphatic rings. The van der Waals surface area contributed by atoms with Crippen molar-refractivity contribution in [1.82, 2.24) is 20.1 Å². The molecule has 1 aromatic carbocycles. The van der Waals surface area contributed by atoms with Crippen LogP contribution < -0.4 is 5.32 Å². The average molecular weight is 331 g/mol. The van der Waals surface area contributed by atoms with E-state index in [2.05, 4.69) is 35.3 Å². The number of amides is 1. The van der Waals surface area contributed by atoms with Gasteiger partial charge in [0.2, 0.25) is 5.91 Å². The predicted octanol–water partition coefficient (Wildman–Crippen LogP) is 3.46. The minimum absolute atomic E-state index is 0.0757. The van der Waals surface area contributed by atoms with Crippen LogP contribution in [0, 0.1) is 0 Å². The largest absolute Gasteiger partial charge is 0.357 e. The van der Waals surface area contributed by atoms with Gasteiger partial charge in [0, 0.05) is 34.0 Å². The van der Waals surface area contributed by atoms with E-state index in [-0.39, 0.29) is 12.5 Å². The van der Waals surface area contributed by atoms with E-state index in [1.54, 1.807) is 23.1 Å². The van der Waals surface area contributed by atoms with Crippen LogP contribution >= 0.6 is 11.6 Å². The van der Waals surface area contributed by atoms with Crippen molar-refractivity contribution in [2.24, 2.45) is 0 Å². The SMILES string of the molecule is CC(C)c1cc2[nH]c(CNC(=O)Cn3cccn3)cc2cc1Cl. The lowest BCUT2D eigenvalue weighted by molar-refractivity contribution is -0.122. The minimum atomic E-state index is -0.0757. The van der Waals surface area contributed by atoms with Gasteiger partial charge in [-0.15, -0.1) is 0 Å². The molecule has 0 unspecified atom stereocenters. The summed E-state index contributed by atoms with van der Waals surface area (Å²) in [4.78, 5) is 15.2. The molecule has 0 fully saturated rings. The average Bonchev–Trinajstić information content (AvgIpc) is 3.12. The van der Waals surface area contributed by atoms with Gasteiger partial charge in [-0.3, -0.25) is 9.48 Å². The molecule has 0 aliphatic heterocycles. The smallest absolute Gasteiger partial charge is 0.242 e. The Balaban J connectivity index is 1.70. The zero-order valence-corrected chi connectivity index (χ0v) is 13.9. The van der Waals surface area contributed by atoms with E-state index in [1.807, 2.05) is 12.1 Å². The van der Waals surface area contributed by atoms with Gasteiger partial charge in [0.05, 0.1) is 6.54 Å². The zero-order valence-electron chi connectivity index (χ0n) is 13.1. The van der Waals surface area contributed by atoms with E-state index in [0.29, 0.717) is 12.5 Å². The summed E-state index contributed by atoms with van der Waals surface area (Å²) in [6.45, 7) is 4.90. The second kappa shape index (κ2) is 6.46. The van der Waals surface area contributed by atoms with Crippen molar-refractivity contribution >= 4 is 28.4 Å². The van der Waals surface area contributed by atoms with E-state index in [1.165, 1.54) is 0 Å². The van der Waals surface area contributed by atoms with Crippen LogP contribution in [0.25, 0.3) is 10.9 Å². The van der Waals surface area contributed by atoms with Crippen LogP contribution in [0.5, 0.6) is 0 Å². The Hall–Kier alpha value is -2.27. The fourth-order valence-electron chi connectivity index (χ4n) is 2.56. The summed E-state index contributed by atoms with van der Waals surface area (Å²) in [5.74, 6) is 0.292. The van der Waals surface area contributed by atoms with E-state index in [4.69, 9.17) is 11.6 Å². The molecule has 3 aromatic rings. The molecule has 0 aliphatic carbocycles. The highest BCUT2D eigenvalue weighted by atomic mass is 35.5. The third kappa shape index (κ3) is 3.56. The molecule has 2 heterocycles. The number of hydrogen-bond donors (Lipinski definition) is 2. The standard InChI is InChI=1S/C17H19ClN4O/c1-11(2)14-8-16-12(7-15(14)18)6-13(21-16)9-19-17(23)10-22-5-3-4-20-22/h3-8,11,21H,9-10H2,1-2H3,(H,19,23). The summed E-state index contributed by atoms with van der Waals surface area (Å²) < 4.78 is 1.59. The van der Waals surface area contributed by atoms with Crippen LogP contribution in [0.15, 0.2) is 36.7 Å². The number of aromatic nitrogens is 3. The van der Waals surface area contributed by atoms with Crippen LogP contribution in [-0.4, -0.2) is 20.7 Å². The van der Waals surface area contributed by atoms with Gasteiger partial charge in [0.25, 0.3) is 0 Å². The molecule has 1 amide bonds. The summed E-state index contributed by atoms with van der Waals surface area (Å²) >= 11 is 6.32. The number of nitrogens with zero attached hydrogens (tertiary/aromatic N) is 2. The highest BCUT2D eigenvalue weighted by Gasteiger charge is 2.10. The van der Waals surface area contributed by atoms with Crippen molar-refractivity contribution in [3.63, 3.8) is 0 Å². The topological polar surface area (TPSA) is 62.7 Å². The number of carbonyl (C=O) groups excluding carboxylic acids is 1. The van der Waals surface area contributed by atoms with Gasteiger partial charge in [-0.1, -0.05) is 25.4 Å². The molecule has 6 heteroatoms. The summed E-state index contributed by atoms with van der Waals surface area (Å²) in [5.41, 5.74) is 3.11. The van der Waals surface area contributed by atoms with E-state index >= 15 is 0 Å². The molecule has 2 N–H and O–H groups in total. The van der Waals surface area contributed by atoms with E-state index in [0.717, 1.165) is 27.2 Å². The lowest BCUT2D eigenvalue weighted by atomic mass is 10.0. The molecule has 0 radical (unpaired) electrons. The summed E-state index contributed by atoms with van der Waals surface area (Å²) in [6, 6.07) is 7.86. The molecule has 0 spiro atoms. The Morgan fingerprint density at radius 2 is 2.22 bits per heavy atom. The molecule has 5 nitrogen and oxygen atoms in total. The molecule has 120 valence electrons. The van der Waals surface area contributed by atoms with E-state index < -0.39 is 0 Å². The second-order valence-corrected chi connectivity index (χ2v) is 6.30. The first-order chi connectivity index (χ1) is 11.0. The van der Waals surface area contributed by atoms with E-state index in [9.17, 15) is 4.79 Å². The van der Waals surface area contributed by atoms with Gasteiger partial charge in [0.15, 0.2) is 0 Å². The number of benzene rings is 1. The highest BCUT2D eigenvalue weighted by Crippen LogP contribution is 2.29. The van der Waals surface area contributed by atoms with Gasteiger partial charge in [-0.05, 0) is 35.7 Å². The first kappa shape index (κ1) is 15.6. The van der Waals surface area contributed by atoms with Crippen molar-refractivity contribution in [3.8, 4) is 0 Å². The van der Waals surface area contributed by atoms with Crippen molar-refractivity contribution < 1.29 is 4.79 Å². The van der Waals surface area contributed by atoms with Crippen molar-refractivity contribution in [2.45, 2.75) is 32.9 Å². The molecular formula is C17H19ClN4O. The van der Waals surface area contributed by atoms with Crippen LogP contribution in [0.4, 0.5) is 0 Å². The maximum absolute atomic E-state index is 11.9. The number of H-pyrrole nitrogens is 1. The Kier molecular flexibility index (Phi) is 4.39. The first-order valence-corrected chi connectivity index (χ1v) is 7.96. The van der Waals surface area contributed by atoms with Crippen LogP contribution in [0.2, 0.25) is 5.02 Å². The Morgan fingerprint density at radius 1 is 1.39 bits per heavy atom. The summed E-state index contributed by atoms with van der Waals surface area (Å²) in [5, 5.41) is 8.73. The maximum Gasteiger partial charge on any atom is 0.242 e. The monoisotopic (exact) mass is 330 g/mol. The molecule has 0 saturated carbocycles. The van der Waals surface area contributed by atoms with Gasteiger partial charge >= 0.3 is 0 Å². The zero-order chi connectivity index (χ0) is 16.4. The van der Waals surface area contributed by atoms with Crippen molar-refractivity contribution in [2.75, 3.05) is 0 Å². The fraction of sp³-hybridized carbons (Fsp3) is 0.294. The van der Waals surface area contributed by atoms with Crippen LogP contribution in [-0.2, 0) is 17.9 Å². The highest BCUT2D eigenvalue weighted by molar-refractivity contribution is 6.32. The second-order valence-electron chi connectivity index (χ2n) is 5.89. The molecule has 2 aromatic heterocycles. The van der Waals surface area contributed by atoms with Crippen molar-refractivity contribution in [3.05, 3.63) is 52.9 Å². The van der Waals surface area contributed by atoms with Crippen molar-refractivity contribution in [1.29, 1.82) is 0 Å². The minimum Gasteiger partial charge on any atom is -0.357 e. The Morgan fingerprint density at radius 3 is 2.91 bits per heavy atom. The molecule has 3 rings (SSSR count). The number of aromatic amines is 1. The fourth-order valence-corrected chi connectivity index (χ4v) is 2.95.